The van der Waals surface area contributed by atoms with Crippen LogP contribution in [0.3, 0.4) is 0 Å². The summed E-state index contributed by atoms with van der Waals surface area (Å²) in [7, 11) is 0. The number of alkyl halides is 3. The zero-order valence-corrected chi connectivity index (χ0v) is 24.1. The zero-order chi connectivity index (χ0) is 31.3. The van der Waals surface area contributed by atoms with E-state index < -0.39 is 46.7 Å². The molecule has 6 rings (SSSR count). The number of carboxylic acids is 1. The molecule has 0 saturated carbocycles. The molecule has 0 spiro atoms. The van der Waals surface area contributed by atoms with E-state index in [-0.39, 0.29) is 23.4 Å². The fraction of sp³-hybridized carbons (Fsp3) is 0.367. The zero-order valence-electron chi connectivity index (χ0n) is 23.3. The maximum Gasteiger partial charge on any atom is 0.419 e. The fourth-order valence-electron chi connectivity index (χ4n) is 5.58. The third-order valence-corrected chi connectivity index (χ3v) is 8.39. The van der Waals surface area contributed by atoms with Gasteiger partial charge in [-0.15, -0.1) is 0 Å². The molecular weight excluding hydrogens is 611 g/mol. The summed E-state index contributed by atoms with van der Waals surface area (Å²) in [5.41, 5.74) is 0.632. The van der Waals surface area contributed by atoms with Crippen LogP contribution >= 0.6 is 11.6 Å². The first-order valence-electron chi connectivity index (χ1n) is 13.8. The summed E-state index contributed by atoms with van der Waals surface area (Å²) in [6.45, 7) is 3.00. The standard InChI is InChI=1S/C30H26ClF5N4O4/c1-15-19-10-26(44-14-17-9-23(33)21(31)11-22(17)32)20(30(34,35)36)8-16(19)4-6-39(15)13-27-37-24-2-3-25(29(41)42)38-28(24)40(27)12-18-5-7-43-18/h2-3,8-11,15,18H,4-7,12-14H2,1H3,(H,41,42)/t15-,18-/m0/s1. The van der Waals surface area contributed by atoms with Crippen molar-refractivity contribution in [2.45, 2.75) is 57.8 Å². The normalized spacial score (nSPS) is 18.7. The minimum absolute atomic E-state index is 0.0691. The first-order valence-corrected chi connectivity index (χ1v) is 14.2. The van der Waals surface area contributed by atoms with Gasteiger partial charge in [-0.1, -0.05) is 11.6 Å². The number of ether oxygens (including phenoxy) is 2. The van der Waals surface area contributed by atoms with Crippen LogP contribution in [0.25, 0.3) is 11.2 Å². The fourth-order valence-corrected chi connectivity index (χ4v) is 5.73. The van der Waals surface area contributed by atoms with Crippen molar-refractivity contribution < 1.29 is 41.3 Å². The first-order chi connectivity index (χ1) is 20.9. The molecule has 1 saturated heterocycles. The quantitative estimate of drug-likeness (QED) is 0.173. The molecule has 44 heavy (non-hydrogen) atoms. The Morgan fingerprint density at radius 1 is 1.16 bits per heavy atom. The number of hydrogen-bond acceptors (Lipinski definition) is 6. The van der Waals surface area contributed by atoms with Gasteiger partial charge in [-0.25, -0.2) is 23.5 Å². The number of rotatable bonds is 8. The Bertz CT molecular complexity index is 1760. The van der Waals surface area contributed by atoms with Crippen LogP contribution in [0.2, 0.25) is 5.02 Å². The molecule has 1 fully saturated rings. The largest absolute Gasteiger partial charge is 0.488 e. The highest BCUT2D eigenvalue weighted by molar-refractivity contribution is 6.30. The van der Waals surface area contributed by atoms with Gasteiger partial charge in [-0.2, -0.15) is 13.2 Å². The Morgan fingerprint density at radius 2 is 1.93 bits per heavy atom. The molecule has 0 bridgehead atoms. The SMILES string of the molecule is C[C@H]1c2cc(OCc3cc(F)c(Cl)cc3F)c(C(F)(F)F)cc2CCN1Cc1nc2ccc(C(=O)O)nc2n1C[C@@H]1CCO1. The van der Waals surface area contributed by atoms with Crippen molar-refractivity contribution in [3.05, 3.63) is 86.8 Å². The van der Waals surface area contributed by atoms with E-state index in [4.69, 9.17) is 26.1 Å². The highest BCUT2D eigenvalue weighted by atomic mass is 35.5. The van der Waals surface area contributed by atoms with Gasteiger partial charge < -0.3 is 19.1 Å². The molecule has 2 aliphatic rings. The maximum absolute atomic E-state index is 14.3. The van der Waals surface area contributed by atoms with Crippen LogP contribution in [-0.4, -0.2) is 49.8 Å². The molecule has 2 atom stereocenters. The number of hydrogen-bond donors (Lipinski definition) is 1. The van der Waals surface area contributed by atoms with Gasteiger partial charge >= 0.3 is 12.1 Å². The van der Waals surface area contributed by atoms with E-state index in [0.717, 1.165) is 24.6 Å². The monoisotopic (exact) mass is 636 g/mol. The Kier molecular flexibility index (Phi) is 7.97. The number of imidazole rings is 1. The number of halogens is 6. The van der Waals surface area contributed by atoms with Crippen molar-refractivity contribution in [2.75, 3.05) is 13.2 Å². The molecule has 2 aliphatic heterocycles. The number of nitrogens with zero attached hydrogens (tertiary/aromatic N) is 4. The molecule has 0 aliphatic carbocycles. The van der Waals surface area contributed by atoms with Crippen molar-refractivity contribution in [3.8, 4) is 5.75 Å². The van der Waals surface area contributed by atoms with Gasteiger partial charge in [0.05, 0.1) is 29.8 Å². The lowest BCUT2D eigenvalue weighted by Crippen LogP contribution is -2.36. The average molecular weight is 637 g/mol. The molecule has 4 heterocycles. The van der Waals surface area contributed by atoms with E-state index in [0.29, 0.717) is 60.8 Å². The number of aromatic carboxylic acids is 1. The summed E-state index contributed by atoms with van der Waals surface area (Å²) < 4.78 is 83.3. The summed E-state index contributed by atoms with van der Waals surface area (Å²) >= 11 is 5.59. The van der Waals surface area contributed by atoms with Gasteiger partial charge in [-0.05, 0) is 67.3 Å². The molecule has 0 radical (unpaired) electrons. The van der Waals surface area contributed by atoms with E-state index in [1.807, 2.05) is 16.4 Å². The molecule has 0 unspecified atom stereocenters. The van der Waals surface area contributed by atoms with Gasteiger partial charge in [-0.3, -0.25) is 4.90 Å². The highest BCUT2D eigenvalue weighted by Crippen LogP contribution is 2.42. The number of fused-ring (bicyclic) bond motifs is 2. The Labute approximate surface area is 253 Å². The van der Waals surface area contributed by atoms with Gasteiger partial charge in [0.1, 0.15) is 35.3 Å². The van der Waals surface area contributed by atoms with Crippen molar-refractivity contribution >= 4 is 28.7 Å². The number of aromatic nitrogens is 3. The minimum Gasteiger partial charge on any atom is -0.488 e. The van der Waals surface area contributed by atoms with E-state index in [9.17, 15) is 31.9 Å². The van der Waals surface area contributed by atoms with Crippen molar-refractivity contribution in [1.29, 1.82) is 0 Å². The van der Waals surface area contributed by atoms with Crippen LogP contribution in [0.15, 0.2) is 36.4 Å². The Hall–Kier alpha value is -3.81. The number of pyridine rings is 1. The Morgan fingerprint density at radius 3 is 2.61 bits per heavy atom. The maximum atomic E-state index is 14.3. The van der Waals surface area contributed by atoms with Gasteiger partial charge in [0.25, 0.3) is 0 Å². The van der Waals surface area contributed by atoms with Crippen LogP contribution < -0.4 is 4.74 Å². The minimum atomic E-state index is -4.75. The van der Waals surface area contributed by atoms with Crippen molar-refractivity contribution in [3.63, 3.8) is 0 Å². The first kappa shape index (κ1) is 30.2. The lowest BCUT2D eigenvalue weighted by Gasteiger charge is -2.36. The molecule has 8 nitrogen and oxygen atoms in total. The molecule has 2 aromatic carbocycles. The van der Waals surface area contributed by atoms with Crippen LogP contribution in [0, 0.1) is 11.6 Å². The van der Waals surface area contributed by atoms with Crippen LogP contribution in [0.1, 0.15) is 58.0 Å². The number of carbonyl (C=O) groups is 1. The molecule has 14 heteroatoms. The van der Waals surface area contributed by atoms with Crippen molar-refractivity contribution in [1.82, 2.24) is 19.4 Å². The number of carboxylic acid groups (broad SMARTS) is 1. The lowest BCUT2D eigenvalue weighted by atomic mass is 9.91. The predicted octanol–water partition coefficient (Wildman–Crippen LogP) is 6.57. The molecule has 2 aromatic heterocycles. The van der Waals surface area contributed by atoms with Gasteiger partial charge in [0.15, 0.2) is 11.3 Å². The summed E-state index contributed by atoms with van der Waals surface area (Å²) in [6.07, 6.45) is -3.67. The topological polar surface area (TPSA) is 89.7 Å². The third kappa shape index (κ3) is 5.83. The van der Waals surface area contributed by atoms with Crippen molar-refractivity contribution in [2.24, 2.45) is 0 Å². The summed E-state index contributed by atoms with van der Waals surface area (Å²) in [5.74, 6) is -2.87. The van der Waals surface area contributed by atoms with E-state index in [1.54, 1.807) is 6.07 Å². The van der Waals surface area contributed by atoms with Crippen LogP contribution in [-0.2, 0) is 37.0 Å². The summed E-state index contributed by atoms with van der Waals surface area (Å²) in [6, 6.07) is 6.51. The molecular formula is C30H26ClF5N4O4. The second kappa shape index (κ2) is 11.6. The molecule has 4 aromatic rings. The third-order valence-electron chi connectivity index (χ3n) is 8.10. The smallest absolute Gasteiger partial charge is 0.419 e. The predicted molar refractivity (Wildman–Crippen MR) is 149 cm³/mol. The lowest BCUT2D eigenvalue weighted by molar-refractivity contribution is -0.139. The number of benzene rings is 2. The average Bonchev–Trinajstić information content (AvgIpc) is 3.28. The van der Waals surface area contributed by atoms with Crippen LogP contribution in [0.5, 0.6) is 5.75 Å². The summed E-state index contributed by atoms with van der Waals surface area (Å²) in [4.78, 5) is 22.6. The van der Waals surface area contributed by atoms with E-state index in [2.05, 4.69) is 4.98 Å². The summed E-state index contributed by atoms with van der Waals surface area (Å²) in [5, 5.41) is 9.01. The van der Waals surface area contributed by atoms with E-state index >= 15 is 0 Å². The molecule has 1 N–H and O–H groups in total. The van der Waals surface area contributed by atoms with Gasteiger partial charge in [0.2, 0.25) is 0 Å². The second-order valence-corrected chi connectivity index (χ2v) is 11.3. The van der Waals surface area contributed by atoms with Crippen LogP contribution in [0.4, 0.5) is 22.0 Å². The highest BCUT2D eigenvalue weighted by Gasteiger charge is 2.37. The molecule has 232 valence electrons. The Balaban J connectivity index is 1.31. The van der Waals surface area contributed by atoms with E-state index in [1.165, 1.54) is 12.1 Å². The van der Waals surface area contributed by atoms with Gasteiger partial charge in [0, 0.05) is 24.8 Å². The molecule has 0 amide bonds. The second-order valence-electron chi connectivity index (χ2n) is 10.9.